The number of amides is 1. The Morgan fingerprint density at radius 3 is 2.85 bits per heavy atom. The summed E-state index contributed by atoms with van der Waals surface area (Å²) in [6.07, 6.45) is 0. The molecule has 0 saturated heterocycles. The second-order valence-corrected chi connectivity index (χ2v) is 4.81. The highest BCUT2D eigenvalue weighted by molar-refractivity contribution is 6.29. The van der Waals surface area contributed by atoms with E-state index in [4.69, 9.17) is 16.0 Å². The number of halogens is 1. The van der Waals surface area contributed by atoms with E-state index in [1.54, 1.807) is 0 Å². The van der Waals surface area contributed by atoms with Gasteiger partial charge >= 0.3 is 0 Å². The van der Waals surface area contributed by atoms with Gasteiger partial charge in [-0.15, -0.1) is 0 Å². The molecule has 3 aromatic rings. The Balaban J connectivity index is 1.78. The summed E-state index contributed by atoms with van der Waals surface area (Å²) < 4.78 is 5.06. The Morgan fingerprint density at radius 1 is 1.35 bits per heavy atom. The van der Waals surface area contributed by atoms with Gasteiger partial charge in [-0.25, -0.2) is 4.98 Å². The minimum Gasteiger partial charge on any atom is -0.440 e. The number of aromatic amines is 1. The summed E-state index contributed by atoms with van der Waals surface area (Å²) in [4.78, 5) is 19.6. The minimum absolute atomic E-state index is 0.179. The summed E-state index contributed by atoms with van der Waals surface area (Å²) in [7, 11) is 0. The van der Waals surface area contributed by atoms with Crippen LogP contribution in [-0.2, 0) is 0 Å². The number of benzene rings is 1. The lowest BCUT2D eigenvalue weighted by Gasteiger charge is -2.09. The molecule has 102 valence electrons. The van der Waals surface area contributed by atoms with Gasteiger partial charge in [0.05, 0.1) is 17.1 Å². The third kappa shape index (κ3) is 2.40. The van der Waals surface area contributed by atoms with Crippen LogP contribution in [0.5, 0.6) is 0 Å². The van der Waals surface area contributed by atoms with Crippen LogP contribution in [0.25, 0.3) is 11.0 Å². The molecule has 1 aromatic carbocycles. The predicted octanol–water partition coefficient (Wildman–Crippen LogP) is 3.30. The normalized spacial score (nSPS) is 12.5. The molecule has 0 fully saturated rings. The maximum absolute atomic E-state index is 12.0. The molecule has 0 radical (unpaired) electrons. The molecular formula is C14H12ClN3O2. The number of H-pyrrole nitrogens is 1. The van der Waals surface area contributed by atoms with Crippen LogP contribution in [0, 0.1) is 0 Å². The molecule has 1 atom stereocenters. The molecule has 1 unspecified atom stereocenters. The molecule has 1 amide bonds. The SMILES string of the molecule is CC(NC(=O)c1ccc(Cl)o1)c1nc2ccccc2[nH]1. The summed E-state index contributed by atoms with van der Waals surface area (Å²) in [6, 6.07) is 10.5. The van der Waals surface area contributed by atoms with Gasteiger partial charge in [-0.2, -0.15) is 0 Å². The monoisotopic (exact) mass is 289 g/mol. The number of hydrogen-bond acceptors (Lipinski definition) is 3. The van der Waals surface area contributed by atoms with Gasteiger partial charge in [-0.3, -0.25) is 4.79 Å². The fraction of sp³-hybridized carbons (Fsp3) is 0.143. The van der Waals surface area contributed by atoms with Gasteiger partial charge in [-0.05, 0) is 42.8 Å². The molecule has 0 aliphatic carbocycles. The largest absolute Gasteiger partial charge is 0.440 e. The Labute approximate surface area is 120 Å². The quantitative estimate of drug-likeness (QED) is 0.777. The Bertz CT molecular complexity index is 729. The van der Waals surface area contributed by atoms with Crippen molar-refractivity contribution in [3.8, 4) is 0 Å². The zero-order chi connectivity index (χ0) is 14.1. The number of fused-ring (bicyclic) bond motifs is 1. The molecule has 0 aliphatic heterocycles. The van der Waals surface area contributed by atoms with Crippen molar-refractivity contribution in [1.29, 1.82) is 0 Å². The van der Waals surface area contributed by atoms with Crippen molar-refractivity contribution in [2.75, 3.05) is 0 Å². The number of imidazole rings is 1. The third-order valence-electron chi connectivity index (χ3n) is 2.96. The van der Waals surface area contributed by atoms with Crippen LogP contribution in [-0.4, -0.2) is 15.9 Å². The molecule has 6 heteroatoms. The van der Waals surface area contributed by atoms with Crippen molar-refractivity contribution >= 4 is 28.5 Å². The predicted molar refractivity (Wildman–Crippen MR) is 75.7 cm³/mol. The van der Waals surface area contributed by atoms with E-state index in [1.807, 2.05) is 31.2 Å². The van der Waals surface area contributed by atoms with E-state index >= 15 is 0 Å². The van der Waals surface area contributed by atoms with Gasteiger partial charge in [0.2, 0.25) is 0 Å². The summed E-state index contributed by atoms with van der Waals surface area (Å²) in [6.45, 7) is 1.85. The average molecular weight is 290 g/mol. The number of rotatable bonds is 3. The first-order valence-electron chi connectivity index (χ1n) is 6.14. The fourth-order valence-corrected chi connectivity index (χ4v) is 2.10. The number of furan rings is 1. The third-order valence-corrected chi connectivity index (χ3v) is 3.17. The molecule has 5 nitrogen and oxygen atoms in total. The highest BCUT2D eigenvalue weighted by Gasteiger charge is 2.17. The molecule has 20 heavy (non-hydrogen) atoms. The van der Waals surface area contributed by atoms with Crippen LogP contribution in [0.4, 0.5) is 0 Å². The second kappa shape index (κ2) is 5.02. The minimum atomic E-state index is -0.329. The maximum atomic E-state index is 12.0. The molecular weight excluding hydrogens is 278 g/mol. The van der Waals surface area contributed by atoms with Gasteiger partial charge in [0, 0.05) is 0 Å². The van der Waals surface area contributed by atoms with E-state index < -0.39 is 0 Å². The van der Waals surface area contributed by atoms with E-state index in [0.717, 1.165) is 11.0 Å². The van der Waals surface area contributed by atoms with E-state index in [2.05, 4.69) is 15.3 Å². The number of carbonyl (C=O) groups excluding carboxylic acids is 1. The van der Waals surface area contributed by atoms with E-state index in [1.165, 1.54) is 12.1 Å². The Hall–Kier alpha value is -2.27. The van der Waals surface area contributed by atoms with E-state index in [9.17, 15) is 4.79 Å². The summed E-state index contributed by atoms with van der Waals surface area (Å²) in [5, 5.41) is 2.99. The number of aromatic nitrogens is 2. The molecule has 3 rings (SSSR count). The van der Waals surface area contributed by atoms with Crippen LogP contribution in [0.1, 0.15) is 29.3 Å². The van der Waals surface area contributed by atoms with Crippen LogP contribution in [0.2, 0.25) is 5.22 Å². The van der Waals surface area contributed by atoms with E-state index in [0.29, 0.717) is 5.82 Å². The Kier molecular flexibility index (Phi) is 3.20. The first-order chi connectivity index (χ1) is 9.63. The number of nitrogens with one attached hydrogen (secondary N) is 2. The van der Waals surface area contributed by atoms with Crippen LogP contribution < -0.4 is 5.32 Å². The van der Waals surface area contributed by atoms with Crippen molar-refractivity contribution in [3.05, 3.63) is 53.2 Å². The average Bonchev–Trinajstić information content (AvgIpc) is 3.04. The van der Waals surface area contributed by atoms with Gasteiger partial charge in [-0.1, -0.05) is 12.1 Å². The number of carbonyl (C=O) groups is 1. The first kappa shape index (κ1) is 12.7. The van der Waals surface area contributed by atoms with Crippen molar-refractivity contribution in [2.45, 2.75) is 13.0 Å². The number of hydrogen-bond donors (Lipinski definition) is 2. The van der Waals surface area contributed by atoms with Gasteiger partial charge in [0.25, 0.3) is 5.91 Å². The lowest BCUT2D eigenvalue weighted by molar-refractivity contribution is 0.0910. The lowest BCUT2D eigenvalue weighted by atomic mass is 10.3. The summed E-state index contributed by atoms with van der Waals surface area (Å²) in [5.41, 5.74) is 1.80. The van der Waals surface area contributed by atoms with Gasteiger partial charge < -0.3 is 14.7 Å². The molecule has 0 aliphatic rings. The van der Waals surface area contributed by atoms with Crippen LogP contribution in [0.3, 0.4) is 0 Å². The lowest BCUT2D eigenvalue weighted by Crippen LogP contribution is -2.26. The van der Waals surface area contributed by atoms with Crippen molar-refractivity contribution in [3.63, 3.8) is 0 Å². The van der Waals surface area contributed by atoms with E-state index in [-0.39, 0.29) is 22.9 Å². The van der Waals surface area contributed by atoms with Gasteiger partial charge in [0.1, 0.15) is 5.82 Å². The first-order valence-corrected chi connectivity index (χ1v) is 6.52. The van der Waals surface area contributed by atoms with Crippen LogP contribution >= 0.6 is 11.6 Å². The Morgan fingerprint density at radius 2 is 2.15 bits per heavy atom. The van der Waals surface area contributed by atoms with Crippen molar-refractivity contribution in [1.82, 2.24) is 15.3 Å². The zero-order valence-corrected chi connectivity index (χ0v) is 11.4. The summed E-state index contributed by atoms with van der Waals surface area (Å²) in [5.74, 6) is 0.542. The van der Waals surface area contributed by atoms with Gasteiger partial charge in [0.15, 0.2) is 11.0 Å². The molecule has 2 heterocycles. The smallest absolute Gasteiger partial charge is 0.287 e. The molecule has 0 bridgehead atoms. The van der Waals surface area contributed by atoms with Crippen molar-refractivity contribution < 1.29 is 9.21 Å². The highest BCUT2D eigenvalue weighted by Crippen LogP contribution is 2.17. The zero-order valence-electron chi connectivity index (χ0n) is 10.7. The number of nitrogens with zero attached hydrogens (tertiary/aromatic N) is 1. The molecule has 2 N–H and O–H groups in total. The molecule has 2 aromatic heterocycles. The fourth-order valence-electron chi connectivity index (χ4n) is 1.95. The van der Waals surface area contributed by atoms with Crippen LogP contribution in [0.15, 0.2) is 40.8 Å². The molecule has 0 spiro atoms. The standard InChI is InChI=1S/C14H12ClN3O2/c1-8(16-14(19)11-6-7-12(15)20-11)13-17-9-4-2-3-5-10(9)18-13/h2-8H,1H3,(H,16,19)(H,17,18). The topological polar surface area (TPSA) is 70.9 Å². The molecule has 0 saturated carbocycles. The van der Waals surface area contributed by atoms with Crippen molar-refractivity contribution in [2.24, 2.45) is 0 Å². The maximum Gasteiger partial charge on any atom is 0.287 e. The highest BCUT2D eigenvalue weighted by atomic mass is 35.5. The second-order valence-electron chi connectivity index (χ2n) is 4.44. The number of para-hydroxylation sites is 2. The summed E-state index contributed by atoms with van der Waals surface area (Å²) >= 11 is 5.65.